The molecule has 1 aliphatic heterocycles. The van der Waals surface area contributed by atoms with Crippen molar-refractivity contribution >= 4 is 23.3 Å². The molecule has 1 atom stereocenters. The standard InChI is InChI=1S/C11H8F2N2O4/c12-4-1-2-5(13)8-7(4)9(16)10(17)15(8)3-6(14)11(18)19/h1-2,6H,3,14H2,(H,18,19). The number of Topliss-reactive ketones (excluding diaryl/α,β-unsaturated/α-hetero) is 1. The summed E-state index contributed by atoms with van der Waals surface area (Å²) in [5.74, 6) is -5.87. The van der Waals surface area contributed by atoms with Crippen molar-refractivity contribution in [3.63, 3.8) is 0 Å². The van der Waals surface area contributed by atoms with E-state index < -0.39 is 53.1 Å². The van der Waals surface area contributed by atoms with Crippen LogP contribution in [0.25, 0.3) is 0 Å². The molecular formula is C11H8F2N2O4. The summed E-state index contributed by atoms with van der Waals surface area (Å²) in [7, 11) is 0. The molecule has 0 aromatic heterocycles. The molecule has 100 valence electrons. The molecule has 1 aliphatic rings. The van der Waals surface area contributed by atoms with E-state index in [-0.39, 0.29) is 0 Å². The summed E-state index contributed by atoms with van der Waals surface area (Å²) >= 11 is 0. The Bertz CT molecular complexity index is 603. The van der Waals surface area contributed by atoms with Gasteiger partial charge in [0, 0.05) is 0 Å². The molecule has 1 unspecified atom stereocenters. The molecule has 3 N–H and O–H groups in total. The van der Waals surface area contributed by atoms with E-state index in [0.717, 1.165) is 12.1 Å². The molecule has 0 saturated carbocycles. The Labute approximate surface area is 105 Å². The van der Waals surface area contributed by atoms with Gasteiger partial charge in [-0.05, 0) is 12.1 Å². The zero-order valence-corrected chi connectivity index (χ0v) is 9.39. The van der Waals surface area contributed by atoms with E-state index >= 15 is 0 Å². The number of amides is 1. The van der Waals surface area contributed by atoms with Gasteiger partial charge in [0.25, 0.3) is 11.7 Å². The quantitative estimate of drug-likeness (QED) is 0.747. The Balaban J connectivity index is 2.50. The van der Waals surface area contributed by atoms with Gasteiger partial charge in [-0.25, -0.2) is 8.78 Å². The average Bonchev–Trinajstić information content (AvgIpc) is 2.60. The number of hydrogen-bond acceptors (Lipinski definition) is 4. The second-order valence-electron chi connectivity index (χ2n) is 3.94. The van der Waals surface area contributed by atoms with Crippen LogP contribution in [0.2, 0.25) is 0 Å². The minimum absolute atomic E-state index is 0.550. The van der Waals surface area contributed by atoms with Crippen LogP contribution in [-0.4, -0.2) is 35.4 Å². The highest BCUT2D eigenvalue weighted by Crippen LogP contribution is 2.33. The first-order chi connectivity index (χ1) is 8.84. The van der Waals surface area contributed by atoms with Gasteiger partial charge in [0.1, 0.15) is 17.7 Å². The molecule has 2 rings (SSSR count). The number of anilines is 1. The topological polar surface area (TPSA) is 101 Å². The molecule has 0 saturated heterocycles. The van der Waals surface area contributed by atoms with Gasteiger partial charge < -0.3 is 10.8 Å². The van der Waals surface area contributed by atoms with Crippen molar-refractivity contribution < 1.29 is 28.3 Å². The number of halogens is 2. The van der Waals surface area contributed by atoms with Gasteiger partial charge in [-0.2, -0.15) is 0 Å². The first-order valence-corrected chi connectivity index (χ1v) is 5.17. The van der Waals surface area contributed by atoms with E-state index in [2.05, 4.69) is 0 Å². The van der Waals surface area contributed by atoms with Crippen LogP contribution in [0.15, 0.2) is 12.1 Å². The van der Waals surface area contributed by atoms with Crippen LogP contribution < -0.4 is 10.6 Å². The van der Waals surface area contributed by atoms with Crippen molar-refractivity contribution in [2.45, 2.75) is 6.04 Å². The molecular weight excluding hydrogens is 262 g/mol. The molecule has 1 aromatic rings. The summed E-state index contributed by atoms with van der Waals surface area (Å²) in [5.41, 5.74) is 3.97. The van der Waals surface area contributed by atoms with Crippen molar-refractivity contribution in [1.29, 1.82) is 0 Å². The maximum Gasteiger partial charge on any atom is 0.322 e. The van der Waals surface area contributed by atoms with Crippen LogP contribution in [0.4, 0.5) is 14.5 Å². The third kappa shape index (κ3) is 1.95. The van der Waals surface area contributed by atoms with E-state index in [1.165, 1.54) is 0 Å². The lowest BCUT2D eigenvalue weighted by Crippen LogP contribution is -2.45. The zero-order chi connectivity index (χ0) is 14.3. The number of carboxylic acid groups (broad SMARTS) is 1. The molecule has 1 heterocycles. The highest BCUT2D eigenvalue weighted by atomic mass is 19.1. The fourth-order valence-corrected chi connectivity index (χ4v) is 1.80. The molecule has 0 aliphatic carbocycles. The third-order valence-corrected chi connectivity index (χ3v) is 2.71. The van der Waals surface area contributed by atoms with E-state index in [0.29, 0.717) is 4.90 Å². The minimum atomic E-state index is -1.51. The zero-order valence-electron chi connectivity index (χ0n) is 9.39. The number of fused-ring (bicyclic) bond motifs is 1. The molecule has 19 heavy (non-hydrogen) atoms. The number of ketones is 1. The minimum Gasteiger partial charge on any atom is -0.480 e. The Hall–Kier alpha value is -2.35. The van der Waals surface area contributed by atoms with Gasteiger partial charge in [0.15, 0.2) is 0 Å². The van der Waals surface area contributed by atoms with Crippen LogP contribution in [0.5, 0.6) is 0 Å². The van der Waals surface area contributed by atoms with Gasteiger partial charge in [-0.3, -0.25) is 19.3 Å². The number of carbonyl (C=O) groups excluding carboxylic acids is 2. The molecule has 1 aromatic carbocycles. The molecule has 1 amide bonds. The molecule has 0 fully saturated rings. The smallest absolute Gasteiger partial charge is 0.322 e. The summed E-state index contributed by atoms with van der Waals surface area (Å²) in [6, 6.07) is -0.0374. The first-order valence-electron chi connectivity index (χ1n) is 5.17. The largest absolute Gasteiger partial charge is 0.480 e. The number of benzene rings is 1. The fraction of sp³-hybridized carbons (Fsp3) is 0.182. The monoisotopic (exact) mass is 270 g/mol. The second-order valence-corrected chi connectivity index (χ2v) is 3.94. The predicted octanol–water partition coefficient (Wildman–Crippen LogP) is -0.0940. The Morgan fingerprint density at radius 1 is 1.32 bits per heavy atom. The first kappa shape index (κ1) is 13.1. The number of aliphatic carboxylic acids is 1. The van der Waals surface area contributed by atoms with Crippen LogP contribution >= 0.6 is 0 Å². The Kier molecular flexibility index (Phi) is 3.03. The van der Waals surface area contributed by atoms with Gasteiger partial charge in [-0.15, -0.1) is 0 Å². The Morgan fingerprint density at radius 3 is 2.47 bits per heavy atom. The highest BCUT2D eigenvalue weighted by Gasteiger charge is 2.41. The van der Waals surface area contributed by atoms with Crippen molar-refractivity contribution in [2.75, 3.05) is 11.4 Å². The highest BCUT2D eigenvalue weighted by molar-refractivity contribution is 6.52. The van der Waals surface area contributed by atoms with E-state index in [1.54, 1.807) is 0 Å². The predicted molar refractivity (Wildman–Crippen MR) is 58.7 cm³/mol. The molecule has 6 nitrogen and oxygen atoms in total. The van der Waals surface area contributed by atoms with Gasteiger partial charge in [0.2, 0.25) is 0 Å². The third-order valence-electron chi connectivity index (χ3n) is 2.71. The van der Waals surface area contributed by atoms with E-state index in [9.17, 15) is 23.2 Å². The normalized spacial score (nSPS) is 15.6. The van der Waals surface area contributed by atoms with Crippen molar-refractivity contribution in [3.05, 3.63) is 29.3 Å². The maximum atomic E-state index is 13.6. The molecule has 0 spiro atoms. The fourth-order valence-electron chi connectivity index (χ4n) is 1.80. The number of rotatable bonds is 3. The van der Waals surface area contributed by atoms with E-state index in [1.807, 2.05) is 0 Å². The number of hydrogen-bond donors (Lipinski definition) is 2. The second kappa shape index (κ2) is 4.39. The lowest BCUT2D eigenvalue weighted by molar-refractivity contribution is -0.138. The lowest BCUT2D eigenvalue weighted by Gasteiger charge is -2.19. The Morgan fingerprint density at radius 2 is 1.89 bits per heavy atom. The number of carboxylic acids is 1. The lowest BCUT2D eigenvalue weighted by atomic mass is 10.1. The van der Waals surface area contributed by atoms with Crippen molar-refractivity contribution in [1.82, 2.24) is 0 Å². The maximum absolute atomic E-state index is 13.6. The number of nitrogens with zero attached hydrogens (tertiary/aromatic N) is 1. The number of nitrogens with two attached hydrogens (primary N) is 1. The summed E-state index contributed by atoms with van der Waals surface area (Å²) in [6.07, 6.45) is 0. The van der Waals surface area contributed by atoms with Gasteiger partial charge in [-0.1, -0.05) is 0 Å². The molecule has 8 heteroatoms. The van der Waals surface area contributed by atoms with Gasteiger partial charge in [0.05, 0.1) is 17.8 Å². The summed E-state index contributed by atoms with van der Waals surface area (Å²) in [4.78, 5) is 34.3. The van der Waals surface area contributed by atoms with Crippen LogP contribution in [0, 0.1) is 11.6 Å². The average molecular weight is 270 g/mol. The van der Waals surface area contributed by atoms with Gasteiger partial charge >= 0.3 is 5.97 Å². The summed E-state index contributed by atoms with van der Waals surface area (Å²) in [6.45, 7) is -0.618. The summed E-state index contributed by atoms with van der Waals surface area (Å²) < 4.78 is 27.1. The molecule has 0 radical (unpaired) electrons. The van der Waals surface area contributed by atoms with Crippen molar-refractivity contribution in [2.24, 2.45) is 5.73 Å². The summed E-state index contributed by atoms with van der Waals surface area (Å²) in [5, 5.41) is 8.65. The molecule has 0 bridgehead atoms. The van der Waals surface area contributed by atoms with E-state index in [4.69, 9.17) is 10.8 Å². The van der Waals surface area contributed by atoms with Crippen LogP contribution in [0.3, 0.4) is 0 Å². The van der Waals surface area contributed by atoms with Crippen molar-refractivity contribution in [3.8, 4) is 0 Å². The van der Waals surface area contributed by atoms with Crippen LogP contribution in [-0.2, 0) is 9.59 Å². The van der Waals surface area contributed by atoms with Crippen LogP contribution in [0.1, 0.15) is 10.4 Å². The number of carbonyl (C=O) groups is 3. The SMILES string of the molecule is NC(CN1C(=O)C(=O)c2c(F)ccc(F)c21)C(=O)O.